The van der Waals surface area contributed by atoms with E-state index < -0.39 is 12.0 Å². The molecule has 1 unspecified atom stereocenters. The number of amides is 1. The smallest absolute Gasteiger partial charge is 0.335 e. The fourth-order valence-corrected chi connectivity index (χ4v) is 1.42. The van der Waals surface area contributed by atoms with Crippen LogP contribution in [0.2, 0.25) is 0 Å². The van der Waals surface area contributed by atoms with Crippen LogP contribution < -0.4 is 11.1 Å². The highest BCUT2D eigenvalue weighted by Gasteiger charge is 2.27. The van der Waals surface area contributed by atoms with Crippen LogP contribution in [-0.2, 0) is 4.79 Å². The predicted molar refractivity (Wildman–Crippen MR) is 49.0 cm³/mol. The van der Waals surface area contributed by atoms with Crippen molar-refractivity contribution in [2.45, 2.75) is 6.04 Å². The van der Waals surface area contributed by atoms with Crippen LogP contribution in [0.15, 0.2) is 18.2 Å². The second-order valence-corrected chi connectivity index (χ2v) is 3.07. The van der Waals surface area contributed by atoms with E-state index in [4.69, 9.17) is 10.8 Å². The number of hydrogen-bond donors (Lipinski definition) is 3. The van der Waals surface area contributed by atoms with E-state index >= 15 is 0 Å². The number of carboxylic acids is 1. The first-order valence-electron chi connectivity index (χ1n) is 4.03. The summed E-state index contributed by atoms with van der Waals surface area (Å²) >= 11 is 0. The summed E-state index contributed by atoms with van der Waals surface area (Å²) in [7, 11) is 0. The SMILES string of the molecule is NC1C(=O)Nc2cc(C(=O)O)ccc21. The van der Waals surface area contributed by atoms with Crippen LogP contribution in [0, 0.1) is 0 Å². The van der Waals surface area contributed by atoms with Crippen molar-refractivity contribution in [1.29, 1.82) is 0 Å². The Labute approximate surface area is 79.5 Å². The maximum atomic E-state index is 11.1. The average Bonchev–Trinajstić information content (AvgIpc) is 2.42. The van der Waals surface area contributed by atoms with Crippen LogP contribution in [0.5, 0.6) is 0 Å². The van der Waals surface area contributed by atoms with Crippen LogP contribution in [0.1, 0.15) is 22.0 Å². The second kappa shape index (κ2) is 2.81. The first-order chi connectivity index (χ1) is 6.59. The van der Waals surface area contributed by atoms with E-state index in [0.29, 0.717) is 11.3 Å². The second-order valence-electron chi connectivity index (χ2n) is 3.07. The molecular weight excluding hydrogens is 184 g/mol. The van der Waals surface area contributed by atoms with Gasteiger partial charge in [0.2, 0.25) is 5.91 Å². The number of nitrogens with one attached hydrogen (secondary N) is 1. The minimum absolute atomic E-state index is 0.137. The van der Waals surface area contributed by atoms with Crippen molar-refractivity contribution in [3.63, 3.8) is 0 Å². The number of carbonyl (C=O) groups excluding carboxylic acids is 1. The largest absolute Gasteiger partial charge is 0.478 e. The molecule has 1 heterocycles. The Morgan fingerprint density at radius 1 is 1.50 bits per heavy atom. The first-order valence-corrected chi connectivity index (χ1v) is 4.03. The molecule has 0 aliphatic carbocycles. The summed E-state index contributed by atoms with van der Waals surface area (Å²) in [4.78, 5) is 21.7. The molecule has 0 fully saturated rings. The van der Waals surface area contributed by atoms with Gasteiger partial charge in [0.1, 0.15) is 6.04 Å². The van der Waals surface area contributed by atoms with Crippen molar-refractivity contribution >= 4 is 17.6 Å². The monoisotopic (exact) mass is 192 g/mol. The van der Waals surface area contributed by atoms with E-state index in [0.717, 1.165) is 0 Å². The Morgan fingerprint density at radius 3 is 2.86 bits per heavy atom. The molecule has 1 aromatic rings. The molecular formula is C9H8N2O3. The van der Waals surface area contributed by atoms with E-state index in [2.05, 4.69) is 5.32 Å². The van der Waals surface area contributed by atoms with Crippen LogP contribution >= 0.6 is 0 Å². The first kappa shape index (κ1) is 8.71. The van der Waals surface area contributed by atoms with Crippen molar-refractivity contribution in [1.82, 2.24) is 0 Å². The van der Waals surface area contributed by atoms with Gasteiger partial charge < -0.3 is 16.2 Å². The fourth-order valence-electron chi connectivity index (χ4n) is 1.42. The highest BCUT2D eigenvalue weighted by atomic mass is 16.4. The summed E-state index contributed by atoms with van der Waals surface area (Å²) in [5, 5.41) is 11.2. The molecule has 0 saturated carbocycles. The number of rotatable bonds is 1. The highest BCUT2D eigenvalue weighted by molar-refractivity contribution is 6.03. The van der Waals surface area contributed by atoms with E-state index in [-0.39, 0.29) is 11.5 Å². The maximum absolute atomic E-state index is 11.1. The van der Waals surface area contributed by atoms with E-state index in [9.17, 15) is 9.59 Å². The van der Waals surface area contributed by atoms with Crippen LogP contribution in [0.3, 0.4) is 0 Å². The van der Waals surface area contributed by atoms with Crippen molar-refractivity contribution in [2.24, 2.45) is 5.73 Å². The van der Waals surface area contributed by atoms with Gasteiger partial charge in [0.15, 0.2) is 0 Å². The summed E-state index contributed by atoms with van der Waals surface area (Å²) in [6.07, 6.45) is 0. The number of hydrogen-bond acceptors (Lipinski definition) is 3. The van der Waals surface area contributed by atoms with Gasteiger partial charge in [-0.3, -0.25) is 4.79 Å². The molecule has 0 bridgehead atoms. The van der Waals surface area contributed by atoms with E-state index in [1.165, 1.54) is 12.1 Å². The zero-order chi connectivity index (χ0) is 10.3. The number of carboxylic acid groups (broad SMARTS) is 1. The third kappa shape index (κ3) is 1.14. The Hall–Kier alpha value is -1.88. The zero-order valence-electron chi connectivity index (χ0n) is 7.15. The summed E-state index contributed by atoms with van der Waals surface area (Å²) in [5.41, 5.74) is 6.82. The van der Waals surface area contributed by atoms with Crippen molar-refractivity contribution in [3.05, 3.63) is 29.3 Å². The van der Waals surface area contributed by atoms with E-state index in [1.807, 2.05) is 0 Å². The number of aromatic carboxylic acids is 1. The zero-order valence-corrected chi connectivity index (χ0v) is 7.15. The van der Waals surface area contributed by atoms with E-state index in [1.54, 1.807) is 6.07 Å². The minimum Gasteiger partial charge on any atom is -0.478 e. The molecule has 1 atom stereocenters. The lowest BCUT2D eigenvalue weighted by molar-refractivity contribution is -0.116. The molecule has 0 spiro atoms. The minimum atomic E-state index is -1.03. The van der Waals surface area contributed by atoms with Gasteiger partial charge in [0.05, 0.1) is 5.56 Å². The van der Waals surface area contributed by atoms with Crippen molar-refractivity contribution in [2.75, 3.05) is 5.32 Å². The summed E-state index contributed by atoms with van der Waals surface area (Å²) in [5.74, 6) is -1.33. The standard InChI is InChI=1S/C9H8N2O3/c10-7-5-2-1-4(9(13)14)3-6(5)11-8(7)12/h1-3,7H,10H2,(H,11,12)(H,13,14). The normalized spacial score (nSPS) is 18.9. The van der Waals surface area contributed by atoms with Crippen molar-refractivity contribution < 1.29 is 14.7 Å². The van der Waals surface area contributed by atoms with Gasteiger partial charge >= 0.3 is 5.97 Å². The summed E-state index contributed by atoms with van der Waals surface area (Å²) < 4.78 is 0. The third-order valence-corrected chi connectivity index (χ3v) is 2.18. The van der Waals surface area contributed by atoms with Gasteiger partial charge in [-0.1, -0.05) is 6.07 Å². The molecule has 5 heteroatoms. The lowest BCUT2D eigenvalue weighted by Crippen LogP contribution is -2.19. The summed E-state index contributed by atoms with van der Waals surface area (Å²) in [6.45, 7) is 0. The lowest BCUT2D eigenvalue weighted by Gasteiger charge is -2.01. The fraction of sp³-hybridized carbons (Fsp3) is 0.111. The Morgan fingerprint density at radius 2 is 2.21 bits per heavy atom. The van der Waals surface area contributed by atoms with Gasteiger partial charge in [-0.15, -0.1) is 0 Å². The predicted octanol–water partition coefficient (Wildman–Crippen LogP) is 0.337. The van der Waals surface area contributed by atoms with Crippen LogP contribution in [-0.4, -0.2) is 17.0 Å². The highest BCUT2D eigenvalue weighted by Crippen LogP contribution is 2.29. The molecule has 0 saturated heterocycles. The molecule has 5 nitrogen and oxygen atoms in total. The Balaban J connectivity index is 2.49. The summed E-state index contributed by atoms with van der Waals surface area (Å²) in [6, 6.07) is 3.71. The van der Waals surface area contributed by atoms with Gasteiger partial charge in [0.25, 0.3) is 0 Å². The molecule has 72 valence electrons. The molecule has 1 amide bonds. The number of anilines is 1. The molecule has 0 radical (unpaired) electrons. The number of fused-ring (bicyclic) bond motifs is 1. The van der Waals surface area contributed by atoms with Gasteiger partial charge in [-0.05, 0) is 12.1 Å². The van der Waals surface area contributed by atoms with Gasteiger partial charge in [-0.2, -0.15) is 0 Å². The molecule has 1 aliphatic heterocycles. The number of benzene rings is 1. The lowest BCUT2D eigenvalue weighted by atomic mass is 10.1. The quantitative estimate of drug-likeness (QED) is 0.598. The maximum Gasteiger partial charge on any atom is 0.335 e. The molecule has 1 aromatic carbocycles. The number of carbonyl (C=O) groups is 2. The third-order valence-electron chi connectivity index (χ3n) is 2.18. The molecule has 1 aliphatic rings. The Kier molecular flexibility index (Phi) is 1.75. The molecule has 4 N–H and O–H groups in total. The van der Waals surface area contributed by atoms with Crippen LogP contribution in [0.4, 0.5) is 5.69 Å². The topological polar surface area (TPSA) is 92.4 Å². The van der Waals surface area contributed by atoms with Gasteiger partial charge in [0, 0.05) is 11.3 Å². The molecule has 0 aromatic heterocycles. The molecule has 14 heavy (non-hydrogen) atoms. The average molecular weight is 192 g/mol. The van der Waals surface area contributed by atoms with Crippen LogP contribution in [0.25, 0.3) is 0 Å². The molecule has 2 rings (SSSR count). The number of nitrogens with two attached hydrogens (primary N) is 1. The van der Waals surface area contributed by atoms with Crippen molar-refractivity contribution in [3.8, 4) is 0 Å². The Bertz CT molecular complexity index is 428. The van der Waals surface area contributed by atoms with Gasteiger partial charge in [-0.25, -0.2) is 4.79 Å².